The number of halogens is 2. The molecular formula is C14H12Cl2N2O. The zero-order valence-corrected chi connectivity index (χ0v) is 11.5. The van der Waals surface area contributed by atoms with Crippen LogP contribution in [0.15, 0.2) is 42.5 Å². The number of nitrogens with one attached hydrogen (secondary N) is 1. The van der Waals surface area contributed by atoms with Gasteiger partial charge in [-0.05, 0) is 29.8 Å². The van der Waals surface area contributed by atoms with Gasteiger partial charge in [0.1, 0.15) is 0 Å². The monoisotopic (exact) mass is 294 g/mol. The van der Waals surface area contributed by atoms with Gasteiger partial charge in [-0.1, -0.05) is 41.4 Å². The zero-order valence-electron chi connectivity index (χ0n) is 9.99. The Balaban J connectivity index is 2.05. The first-order valence-electron chi connectivity index (χ1n) is 5.64. The molecule has 5 heteroatoms. The van der Waals surface area contributed by atoms with Crippen molar-refractivity contribution < 1.29 is 4.79 Å². The summed E-state index contributed by atoms with van der Waals surface area (Å²) in [4.78, 5) is 11.9. The lowest BCUT2D eigenvalue weighted by Gasteiger charge is -2.08. The lowest BCUT2D eigenvalue weighted by molar-refractivity contribution is 0.0951. The van der Waals surface area contributed by atoms with Crippen molar-refractivity contribution in [3.05, 3.63) is 63.6 Å². The summed E-state index contributed by atoms with van der Waals surface area (Å²) in [6.07, 6.45) is 0. The van der Waals surface area contributed by atoms with Crippen molar-refractivity contribution in [2.24, 2.45) is 0 Å². The average Bonchev–Trinajstić information content (AvgIpc) is 2.40. The number of rotatable bonds is 3. The molecular weight excluding hydrogens is 283 g/mol. The molecule has 0 aliphatic heterocycles. The van der Waals surface area contributed by atoms with Gasteiger partial charge < -0.3 is 11.1 Å². The molecule has 2 aromatic rings. The first-order chi connectivity index (χ1) is 9.08. The molecule has 0 fully saturated rings. The largest absolute Gasteiger partial charge is 0.398 e. The minimum atomic E-state index is -0.221. The second-order valence-corrected chi connectivity index (χ2v) is 4.82. The molecule has 19 heavy (non-hydrogen) atoms. The van der Waals surface area contributed by atoms with Gasteiger partial charge in [0, 0.05) is 17.8 Å². The van der Waals surface area contributed by atoms with Gasteiger partial charge in [-0.2, -0.15) is 0 Å². The topological polar surface area (TPSA) is 55.1 Å². The van der Waals surface area contributed by atoms with Gasteiger partial charge in [0.05, 0.1) is 10.0 Å². The molecule has 98 valence electrons. The Morgan fingerprint density at radius 3 is 2.53 bits per heavy atom. The Kier molecular flexibility index (Phi) is 4.30. The lowest BCUT2D eigenvalue weighted by atomic mass is 10.1. The van der Waals surface area contributed by atoms with Gasteiger partial charge in [-0.25, -0.2) is 0 Å². The van der Waals surface area contributed by atoms with Crippen molar-refractivity contribution in [2.75, 3.05) is 5.73 Å². The molecule has 3 nitrogen and oxygen atoms in total. The molecule has 0 heterocycles. The van der Waals surface area contributed by atoms with E-state index in [9.17, 15) is 4.79 Å². The highest BCUT2D eigenvalue weighted by Crippen LogP contribution is 2.22. The number of carbonyl (C=O) groups excluding carboxylic acids is 1. The number of benzene rings is 2. The molecule has 0 radical (unpaired) electrons. The van der Waals surface area contributed by atoms with E-state index in [0.29, 0.717) is 27.8 Å². The standard InChI is InChI=1S/C14H12Cl2N2O/c15-11-6-5-9(7-12(11)16)14(19)18-8-10-3-1-2-4-13(10)17/h1-7H,8,17H2,(H,18,19). The third-order valence-corrected chi connectivity index (χ3v) is 3.42. The van der Waals surface area contributed by atoms with Gasteiger partial charge in [0.2, 0.25) is 0 Å². The maximum Gasteiger partial charge on any atom is 0.251 e. The fourth-order valence-corrected chi connectivity index (χ4v) is 1.91. The molecule has 0 bridgehead atoms. The minimum Gasteiger partial charge on any atom is -0.398 e. The van der Waals surface area contributed by atoms with Crippen LogP contribution >= 0.6 is 23.2 Å². The molecule has 0 aromatic heterocycles. The van der Waals surface area contributed by atoms with Gasteiger partial charge >= 0.3 is 0 Å². The summed E-state index contributed by atoms with van der Waals surface area (Å²) in [7, 11) is 0. The Labute approximate surface area is 121 Å². The molecule has 2 rings (SSSR count). The third kappa shape index (κ3) is 3.40. The van der Waals surface area contributed by atoms with E-state index in [2.05, 4.69) is 5.32 Å². The Bertz CT molecular complexity index is 614. The van der Waals surface area contributed by atoms with Gasteiger partial charge in [0.25, 0.3) is 5.91 Å². The summed E-state index contributed by atoms with van der Waals surface area (Å²) in [5, 5.41) is 3.56. The van der Waals surface area contributed by atoms with Crippen molar-refractivity contribution in [1.82, 2.24) is 5.32 Å². The molecule has 2 aromatic carbocycles. The van der Waals surface area contributed by atoms with E-state index in [-0.39, 0.29) is 5.91 Å². The summed E-state index contributed by atoms with van der Waals surface area (Å²) < 4.78 is 0. The second-order valence-electron chi connectivity index (χ2n) is 4.01. The number of carbonyl (C=O) groups is 1. The van der Waals surface area contributed by atoms with E-state index in [1.807, 2.05) is 18.2 Å². The van der Waals surface area contributed by atoms with Crippen molar-refractivity contribution >= 4 is 34.8 Å². The Morgan fingerprint density at radius 1 is 1.11 bits per heavy atom. The third-order valence-electron chi connectivity index (χ3n) is 2.68. The summed E-state index contributed by atoms with van der Waals surface area (Å²) >= 11 is 11.7. The van der Waals surface area contributed by atoms with E-state index in [1.54, 1.807) is 18.2 Å². The number of anilines is 1. The zero-order chi connectivity index (χ0) is 13.8. The van der Waals surface area contributed by atoms with Gasteiger partial charge in [-0.3, -0.25) is 4.79 Å². The number of nitrogen functional groups attached to an aromatic ring is 1. The Morgan fingerprint density at radius 2 is 1.84 bits per heavy atom. The van der Waals surface area contributed by atoms with E-state index in [0.717, 1.165) is 5.56 Å². The van der Waals surface area contributed by atoms with Crippen molar-refractivity contribution in [3.8, 4) is 0 Å². The van der Waals surface area contributed by atoms with Crippen molar-refractivity contribution in [1.29, 1.82) is 0 Å². The maximum absolute atomic E-state index is 11.9. The second kappa shape index (κ2) is 5.95. The summed E-state index contributed by atoms with van der Waals surface area (Å²) in [6, 6.07) is 12.1. The predicted octanol–water partition coefficient (Wildman–Crippen LogP) is 3.51. The molecule has 3 N–H and O–H groups in total. The fourth-order valence-electron chi connectivity index (χ4n) is 1.61. The molecule has 0 atom stereocenters. The molecule has 0 aliphatic carbocycles. The van der Waals surface area contributed by atoms with Gasteiger partial charge in [-0.15, -0.1) is 0 Å². The first kappa shape index (κ1) is 13.7. The number of hydrogen-bond acceptors (Lipinski definition) is 2. The normalized spacial score (nSPS) is 10.2. The molecule has 0 aliphatic rings. The van der Waals surface area contributed by atoms with E-state index < -0.39 is 0 Å². The molecule has 0 unspecified atom stereocenters. The van der Waals surface area contributed by atoms with Crippen LogP contribution in [0, 0.1) is 0 Å². The average molecular weight is 295 g/mol. The van der Waals surface area contributed by atoms with Crippen molar-refractivity contribution in [3.63, 3.8) is 0 Å². The van der Waals surface area contributed by atoms with Crippen LogP contribution in [0.4, 0.5) is 5.69 Å². The van der Waals surface area contributed by atoms with Crippen molar-refractivity contribution in [2.45, 2.75) is 6.54 Å². The van der Waals surface area contributed by atoms with Crippen LogP contribution in [0.25, 0.3) is 0 Å². The fraction of sp³-hybridized carbons (Fsp3) is 0.0714. The highest BCUT2D eigenvalue weighted by atomic mass is 35.5. The first-order valence-corrected chi connectivity index (χ1v) is 6.40. The summed E-state index contributed by atoms with van der Waals surface area (Å²) in [5.74, 6) is -0.221. The van der Waals surface area contributed by atoms with Crippen LogP contribution in [-0.2, 0) is 6.54 Å². The number of hydrogen-bond donors (Lipinski definition) is 2. The highest BCUT2D eigenvalue weighted by Gasteiger charge is 2.08. The van der Waals surface area contributed by atoms with Crippen LogP contribution < -0.4 is 11.1 Å². The minimum absolute atomic E-state index is 0.221. The maximum atomic E-state index is 11.9. The van der Waals surface area contributed by atoms with Gasteiger partial charge in [0.15, 0.2) is 0 Å². The number of para-hydroxylation sites is 1. The SMILES string of the molecule is Nc1ccccc1CNC(=O)c1ccc(Cl)c(Cl)c1. The van der Waals surface area contributed by atoms with Crippen LogP contribution in [0.2, 0.25) is 10.0 Å². The summed E-state index contributed by atoms with van der Waals surface area (Å²) in [6.45, 7) is 0.367. The molecule has 0 saturated carbocycles. The van der Waals surface area contributed by atoms with Crippen LogP contribution in [-0.4, -0.2) is 5.91 Å². The summed E-state index contributed by atoms with van der Waals surface area (Å²) in [5.41, 5.74) is 7.78. The van der Waals surface area contributed by atoms with Crippen LogP contribution in [0.1, 0.15) is 15.9 Å². The predicted molar refractivity (Wildman–Crippen MR) is 78.5 cm³/mol. The number of nitrogens with two attached hydrogens (primary N) is 1. The van der Waals surface area contributed by atoms with Crippen LogP contribution in [0.3, 0.4) is 0 Å². The number of amides is 1. The molecule has 0 saturated heterocycles. The lowest BCUT2D eigenvalue weighted by Crippen LogP contribution is -2.23. The van der Waals surface area contributed by atoms with Crippen LogP contribution in [0.5, 0.6) is 0 Å². The van der Waals surface area contributed by atoms with E-state index in [1.165, 1.54) is 6.07 Å². The smallest absolute Gasteiger partial charge is 0.251 e. The molecule has 1 amide bonds. The quantitative estimate of drug-likeness (QED) is 0.851. The van der Waals surface area contributed by atoms with E-state index in [4.69, 9.17) is 28.9 Å². The highest BCUT2D eigenvalue weighted by molar-refractivity contribution is 6.42. The molecule has 0 spiro atoms. The van der Waals surface area contributed by atoms with E-state index >= 15 is 0 Å². The Hall–Kier alpha value is -1.71.